The second-order valence-corrected chi connectivity index (χ2v) is 5.72. The van der Waals surface area contributed by atoms with Crippen LogP contribution in [0.2, 0.25) is 0 Å². The fraction of sp³-hybridized carbons (Fsp3) is 0.429. The first kappa shape index (κ1) is 21.5. The number of ether oxygens (including phenoxy) is 1. The zero-order valence-corrected chi connectivity index (χ0v) is 14.7. The van der Waals surface area contributed by atoms with E-state index in [1.54, 1.807) is 20.0 Å². The summed E-state index contributed by atoms with van der Waals surface area (Å²) in [5.74, 6) is -0.477. The van der Waals surface area contributed by atoms with Crippen molar-refractivity contribution in [3.05, 3.63) is 16.5 Å². The summed E-state index contributed by atoms with van der Waals surface area (Å²) in [5, 5.41) is 10.7. The number of rotatable bonds is 7. The van der Waals surface area contributed by atoms with E-state index in [2.05, 4.69) is 10.1 Å². The number of methoxy groups -OCH3 is 1. The molecule has 1 aromatic heterocycles. The molecule has 10 heteroatoms. The minimum atomic E-state index is -0.624. The van der Waals surface area contributed by atoms with Gasteiger partial charge in [0, 0.05) is 24.4 Å². The zero-order valence-electron chi connectivity index (χ0n) is 13.9. The quantitative estimate of drug-likeness (QED) is 0.313. The molecule has 1 heterocycles. The molecule has 1 rings (SSSR count). The third-order valence-corrected chi connectivity index (χ3v) is 3.68. The van der Waals surface area contributed by atoms with Crippen LogP contribution in [-0.4, -0.2) is 62.7 Å². The van der Waals surface area contributed by atoms with E-state index in [9.17, 15) is 14.4 Å². The van der Waals surface area contributed by atoms with Crippen LogP contribution in [0.3, 0.4) is 0 Å². The fourth-order valence-corrected chi connectivity index (χ4v) is 2.31. The summed E-state index contributed by atoms with van der Waals surface area (Å²) in [5.41, 5.74) is 11.6. The Bertz CT molecular complexity index is 588. The SMILES string of the molecule is CC(=N)c1cc(C=O)sc1N.CNCCN(CC(=O)OC)C(N)=O. The lowest BCUT2D eigenvalue weighted by Crippen LogP contribution is -2.43. The van der Waals surface area contributed by atoms with Gasteiger partial charge in [-0.25, -0.2) is 4.79 Å². The molecule has 6 N–H and O–H groups in total. The van der Waals surface area contributed by atoms with Gasteiger partial charge in [-0.1, -0.05) is 0 Å². The van der Waals surface area contributed by atoms with Crippen molar-refractivity contribution < 1.29 is 19.1 Å². The van der Waals surface area contributed by atoms with E-state index < -0.39 is 12.0 Å². The normalized spacial score (nSPS) is 9.46. The Balaban J connectivity index is 0.000000446. The van der Waals surface area contributed by atoms with E-state index in [0.29, 0.717) is 34.2 Å². The molecule has 0 aliphatic rings. The van der Waals surface area contributed by atoms with Crippen molar-refractivity contribution in [2.45, 2.75) is 6.92 Å². The largest absolute Gasteiger partial charge is 0.468 e. The van der Waals surface area contributed by atoms with Crippen LogP contribution in [0, 0.1) is 5.41 Å². The fourth-order valence-electron chi connectivity index (χ4n) is 1.51. The molecule has 0 aliphatic heterocycles. The summed E-state index contributed by atoms with van der Waals surface area (Å²) in [6, 6.07) is 1.01. The highest BCUT2D eigenvalue weighted by atomic mass is 32.1. The molecule has 0 saturated heterocycles. The van der Waals surface area contributed by atoms with Crippen LogP contribution in [0.25, 0.3) is 0 Å². The predicted molar refractivity (Wildman–Crippen MR) is 93.7 cm³/mol. The van der Waals surface area contributed by atoms with Crippen LogP contribution in [0.1, 0.15) is 22.2 Å². The lowest BCUT2D eigenvalue weighted by Gasteiger charge is -2.18. The van der Waals surface area contributed by atoms with E-state index in [1.807, 2.05) is 0 Å². The van der Waals surface area contributed by atoms with Crippen molar-refractivity contribution in [2.24, 2.45) is 5.73 Å². The first-order chi connectivity index (χ1) is 11.3. The van der Waals surface area contributed by atoms with Gasteiger partial charge >= 0.3 is 12.0 Å². The summed E-state index contributed by atoms with van der Waals surface area (Å²) in [7, 11) is 3.01. The van der Waals surface area contributed by atoms with E-state index in [0.717, 1.165) is 6.29 Å². The molecule has 0 spiro atoms. The molecule has 0 unspecified atom stereocenters. The Kier molecular flexibility index (Phi) is 9.99. The number of nitrogens with one attached hydrogen (secondary N) is 2. The number of carbonyl (C=O) groups excluding carboxylic acids is 3. The number of likely N-dealkylation sites (N-methyl/N-ethyl adjacent to an activating group) is 1. The number of aldehydes is 1. The lowest BCUT2D eigenvalue weighted by atomic mass is 10.2. The molecule has 0 saturated carbocycles. The van der Waals surface area contributed by atoms with Gasteiger partial charge in [0.2, 0.25) is 0 Å². The number of anilines is 1. The highest BCUT2D eigenvalue weighted by Crippen LogP contribution is 2.23. The number of hydrogen-bond donors (Lipinski definition) is 4. The molecule has 0 aliphatic carbocycles. The van der Waals surface area contributed by atoms with E-state index in [-0.39, 0.29) is 6.54 Å². The summed E-state index contributed by atoms with van der Waals surface area (Å²) in [6.07, 6.45) is 0.744. The van der Waals surface area contributed by atoms with E-state index in [4.69, 9.17) is 16.9 Å². The monoisotopic (exact) mass is 357 g/mol. The summed E-state index contributed by atoms with van der Waals surface area (Å²) in [6.45, 7) is 2.52. The topological polar surface area (TPSA) is 152 Å². The van der Waals surface area contributed by atoms with Gasteiger partial charge in [0.1, 0.15) is 6.54 Å². The van der Waals surface area contributed by atoms with Crippen molar-refractivity contribution in [2.75, 3.05) is 39.5 Å². The maximum Gasteiger partial charge on any atom is 0.325 e. The second-order valence-electron chi connectivity index (χ2n) is 4.61. The molecule has 134 valence electrons. The smallest absolute Gasteiger partial charge is 0.325 e. The number of amides is 2. The third-order valence-electron chi connectivity index (χ3n) is 2.79. The van der Waals surface area contributed by atoms with Crippen molar-refractivity contribution in [3.8, 4) is 0 Å². The Labute approximate surface area is 144 Å². The number of nitrogens with zero attached hydrogens (tertiary/aromatic N) is 1. The Morgan fingerprint density at radius 3 is 2.46 bits per heavy atom. The number of nitrogen functional groups attached to an aromatic ring is 1. The number of primary amides is 1. The van der Waals surface area contributed by atoms with Crippen molar-refractivity contribution in [3.63, 3.8) is 0 Å². The summed E-state index contributed by atoms with van der Waals surface area (Å²) < 4.78 is 4.40. The van der Waals surface area contributed by atoms with Gasteiger partial charge in [-0.3, -0.25) is 9.59 Å². The van der Waals surface area contributed by atoms with Gasteiger partial charge in [0.05, 0.1) is 17.0 Å². The molecule has 1 aromatic rings. The summed E-state index contributed by atoms with van der Waals surface area (Å²) in [4.78, 5) is 33.6. The number of urea groups is 1. The highest BCUT2D eigenvalue weighted by Gasteiger charge is 2.13. The first-order valence-corrected chi connectivity index (χ1v) is 7.74. The molecule has 0 radical (unpaired) electrons. The Morgan fingerprint density at radius 2 is 2.12 bits per heavy atom. The number of esters is 1. The lowest BCUT2D eigenvalue weighted by molar-refractivity contribution is -0.141. The third kappa shape index (κ3) is 7.70. The minimum Gasteiger partial charge on any atom is -0.468 e. The van der Waals surface area contributed by atoms with Crippen LogP contribution in [-0.2, 0) is 9.53 Å². The van der Waals surface area contributed by atoms with E-state index >= 15 is 0 Å². The van der Waals surface area contributed by atoms with Gasteiger partial charge in [-0.2, -0.15) is 0 Å². The number of thiophene rings is 1. The molecule has 24 heavy (non-hydrogen) atoms. The van der Waals surface area contributed by atoms with Gasteiger partial charge in [0.25, 0.3) is 0 Å². The molecule has 2 amide bonds. The molecular weight excluding hydrogens is 334 g/mol. The van der Waals surface area contributed by atoms with Crippen molar-refractivity contribution in [1.82, 2.24) is 10.2 Å². The highest BCUT2D eigenvalue weighted by molar-refractivity contribution is 7.17. The molecule has 0 bridgehead atoms. The standard InChI is InChI=1S/C7H15N3O3.C7H8N2OS/c1-9-3-4-10(7(8)12)5-6(11)13-2;1-4(8)6-2-5(3-10)11-7(6)9/h9H,3-5H2,1-2H3,(H2,8,12);2-3,8H,9H2,1H3. The molecule has 0 fully saturated rings. The van der Waals surface area contributed by atoms with Gasteiger partial charge in [-0.05, 0) is 20.0 Å². The second kappa shape index (κ2) is 11.1. The van der Waals surface area contributed by atoms with Gasteiger partial charge in [-0.15, -0.1) is 11.3 Å². The molecule has 0 aromatic carbocycles. The van der Waals surface area contributed by atoms with Crippen molar-refractivity contribution >= 4 is 40.3 Å². The maximum atomic E-state index is 10.8. The average molecular weight is 357 g/mol. The predicted octanol–water partition coefficient (Wildman–Crippen LogP) is 0.290. The number of hydrogen-bond acceptors (Lipinski definition) is 8. The molecule has 0 atom stereocenters. The van der Waals surface area contributed by atoms with E-state index in [1.165, 1.54) is 23.3 Å². The first-order valence-electron chi connectivity index (χ1n) is 6.92. The van der Waals surface area contributed by atoms with Crippen LogP contribution in [0.5, 0.6) is 0 Å². The van der Waals surface area contributed by atoms with Gasteiger partial charge < -0.3 is 31.8 Å². The maximum absolute atomic E-state index is 10.8. The Hall–Kier alpha value is -2.46. The number of nitrogens with two attached hydrogens (primary N) is 2. The van der Waals surface area contributed by atoms with Crippen LogP contribution >= 0.6 is 11.3 Å². The van der Waals surface area contributed by atoms with Crippen molar-refractivity contribution in [1.29, 1.82) is 5.41 Å². The van der Waals surface area contributed by atoms with Gasteiger partial charge in [0.15, 0.2) is 6.29 Å². The van der Waals surface area contributed by atoms with Crippen LogP contribution < -0.4 is 16.8 Å². The Morgan fingerprint density at radius 1 is 1.50 bits per heavy atom. The molecular formula is C14H23N5O4S. The average Bonchev–Trinajstić information content (AvgIpc) is 2.92. The van der Waals surface area contributed by atoms with Crippen LogP contribution in [0.4, 0.5) is 9.80 Å². The molecule has 9 nitrogen and oxygen atoms in total. The minimum absolute atomic E-state index is 0.104. The zero-order chi connectivity index (χ0) is 18.7. The van der Waals surface area contributed by atoms with Crippen LogP contribution in [0.15, 0.2) is 6.07 Å². The number of carbonyl (C=O) groups is 3. The summed E-state index contributed by atoms with van der Waals surface area (Å²) >= 11 is 1.21.